The van der Waals surface area contributed by atoms with Crippen molar-refractivity contribution in [3.8, 4) is 0 Å². The molecule has 1 fully saturated rings. The summed E-state index contributed by atoms with van der Waals surface area (Å²) in [7, 11) is 0. The third-order valence-corrected chi connectivity index (χ3v) is 4.99. The van der Waals surface area contributed by atoms with Crippen molar-refractivity contribution < 1.29 is 0 Å². The first-order valence-corrected chi connectivity index (χ1v) is 7.16. The number of aromatic nitrogens is 2. The van der Waals surface area contributed by atoms with Gasteiger partial charge in [0.1, 0.15) is 6.33 Å². The van der Waals surface area contributed by atoms with Crippen LogP contribution in [0.3, 0.4) is 0 Å². The van der Waals surface area contributed by atoms with Gasteiger partial charge in [-0.1, -0.05) is 52.0 Å². The van der Waals surface area contributed by atoms with E-state index < -0.39 is 0 Å². The molecule has 1 saturated carbocycles. The van der Waals surface area contributed by atoms with Crippen molar-refractivity contribution in [1.82, 2.24) is 9.97 Å². The van der Waals surface area contributed by atoms with Crippen LogP contribution in [-0.4, -0.2) is 9.97 Å². The molecule has 100 valence electrons. The first-order valence-electron chi connectivity index (χ1n) is 7.16. The van der Waals surface area contributed by atoms with E-state index in [4.69, 9.17) is 0 Å². The summed E-state index contributed by atoms with van der Waals surface area (Å²) in [5, 5.41) is 0. The molecule has 0 N–H and O–H groups in total. The van der Waals surface area contributed by atoms with Crippen LogP contribution in [0.2, 0.25) is 0 Å². The van der Waals surface area contributed by atoms with Gasteiger partial charge in [-0.05, 0) is 24.3 Å². The lowest BCUT2D eigenvalue weighted by atomic mass is 9.70. The molecule has 0 aromatic carbocycles. The Morgan fingerprint density at radius 2 is 2.05 bits per heavy atom. The van der Waals surface area contributed by atoms with E-state index in [1.807, 2.05) is 0 Å². The summed E-state index contributed by atoms with van der Waals surface area (Å²) in [6.07, 6.45) is 12.1. The van der Waals surface area contributed by atoms with Gasteiger partial charge in [0.25, 0.3) is 0 Å². The highest BCUT2D eigenvalue weighted by atomic mass is 14.9. The van der Waals surface area contributed by atoms with E-state index in [1.54, 1.807) is 6.33 Å². The molecule has 1 heterocycles. The molecule has 2 nitrogen and oxygen atoms in total. The fraction of sp³-hybridized carbons (Fsp3) is 0.529. The quantitative estimate of drug-likeness (QED) is 0.814. The molecule has 1 aromatic heterocycles. The van der Waals surface area contributed by atoms with Crippen molar-refractivity contribution in [3.05, 3.63) is 48.1 Å². The molecular weight excluding hydrogens is 232 g/mol. The maximum absolute atomic E-state index is 4.57. The molecule has 0 amide bonds. The highest BCUT2D eigenvalue weighted by molar-refractivity contribution is 5.38. The van der Waals surface area contributed by atoms with Gasteiger partial charge < -0.3 is 0 Å². The van der Waals surface area contributed by atoms with Crippen molar-refractivity contribution in [2.24, 2.45) is 11.3 Å². The minimum atomic E-state index is 0.0610. The molecule has 0 bridgehead atoms. The van der Waals surface area contributed by atoms with Gasteiger partial charge >= 0.3 is 0 Å². The highest BCUT2D eigenvalue weighted by Gasteiger charge is 2.61. The summed E-state index contributed by atoms with van der Waals surface area (Å²) >= 11 is 0. The van der Waals surface area contributed by atoms with E-state index in [2.05, 4.69) is 68.0 Å². The van der Waals surface area contributed by atoms with E-state index in [0.29, 0.717) is 11.8 Å². The second-order valence-corrected chi connectivity index (χ2v) is 6.70. The molecule has 0 aliphatic heterocycles. The molecule has 19 heavy (non-hydrogen) atoms. The van der Waals surface area contributed by atoms with E-state index in [9.17, 15) is 0 Å². The number of nitrogens with zero attached hydrogens (tertiary/aromatic N) is 2. The standard InChI is InChI=1S/C17H22N2/c1-12(2)14-9-15(19-11-18-14)16(3,4)17-8-6-5-7-13(17)10-17/h5-9,11-13H,10H2,1-4H3. The SMILES string of the molecule is CC(C)c1cc(C(C)(C)C23C=CC=CC2C3)ncn1. The normalized spacial score (nSPS) is 28.6. The maximum atomic E-state index is 4.57. The van der Waals surface area contributed by atoms with E-state index in [-0.39, 0.29) is 10.8 Å². The van der Waals surface area contributed by atoms with Gasteiger partial charge in [0.2, 0.25) is 0 Å². The third kappa shape index (κ3) is 1.77. The Morgan fingerprint density at radius 1 is 1.26 bits per heavy atom. The minimum Gasteiger partial charge on any atom is -0.241 e. The van der Waals surface area contributed by atoms with Crippen LogP contribution in [0.4, 0.5) is 0 Å². The maximum Gasteiger partial charge on any atom is 0.115 e. The van der Waals surface area contributed by atoms with Crippen LogP contribution in [0.1, 0.15) is 51.4 Å². The Hall–Kier alpha value is -1.44. The topological polar surface area (TPSA) is 25.8 Å². The second kappa shape index (κ2) is 4.03. The zero-order valence-electron chi connectivity index (χ0n) is 12.2. The summed E-state index contributed by atoms with van der Waals surface area (Å²) in [6.45, 7) is 9.01. The molecule has 0 spiro atoms. The molecule has 2 aliphatic carbocycles. The average Bonchev–Trinajstić information content (AvgIpc) is 3.15. The minimum absolute atomic E-state index is 0.0610. The van der Waals surface area contributed by atoms with Gasteiger partial charge in [-0.2, -0.15) is 0 Å². The molecular formula is C17H22N2. The predicted molar refractivity (Wildman–Crippen MR) is 78.0 cm³/mol. The summed E-state index contributed by atoms with van der Waals surface area (Å²) < 4.78 is 0. The zero-order valence-corrected chi connectivity index (χ0v) is 12.2. The predicted octanol–water partition coefficient (Wildman–Crippen LogP) is 4.01. The molecule has 2 unspecified atom stereocenters. The van der Waals surface area contributed by atoms with E-state index >= 15 is 0 Å². The monoisotopic (exact) mass is 254 g/mol. The zero-order chi connectivity index (χ0) is 13.7. The fourth-order valence-corrected chi connectivity index (χ4v) is 3.36. The van der Waals surface area contributed by atoms with Crippen molar-refractivity contribution >= 4 is 0 Å². The number of fused-ring (bicyclic) bond motifs is 1. The molecule has 0 saturated heterocycles. The first kappa shape index (κ1) is 12.6. The summed E-state index contributed by atoms with van der Waals surface area (Å²) in [6, 6.07) is 2.20. The molecule has 3 rings (SSSR count). The average molecular weight is 254 g/mol. The van der Waals surface area contributed by atoms with Crippen LogP contribution in [0.25, 0.3) is 0 Å². The van der Waals surface area contributed by atoms with E-state index in [1.165, 1.54) is 12.1 Å². The number of rotatable bonds is 3. The van der Waals surface area contributed by atoms with Gasteiger partial charge in [0.05, 0.1) is 5.69 Å². The lowest BCUT2D eigenvalue weighted by molar-refractivity contribution is 0.332. The van der Waals surface area contributed by atoms with Crippen molar-refractivity contribution in [3.63, 3.8) is 0 Å². The lowest BCUT2D eigenvalue weighted by Gasteiger charge is -2.34. The summed E-state index contributed by atoms with van der Waals surface area (Å²) in [5.74, 6) is 1.14. The highest BCUT2D eigenvalue weighted by Crippen LogP contribution is 2.66. The summed E-state index contributed by atoms with van der Waals surface area (Å²) in [4.78, 5) is 8.96. The van der Waals surface area contributed by atoms with Gasteiger partial charge in [0, 0.05) is 16.5 Å². The molecule has 1 aromatic rings. The van der Waals surface area contributed by atoms with Crippen LogP contribution in [0, 0.1) is 11.3 Å². The Labute approximate surface area is 115 Å². The number of allylic oxidation sites excluding steroid dienone is 4. The third-order valence-electron chi connectivity index (χ3n) is 4.99. The van der Waals surface area contributed by atoms with Crippen LogP contribution in [0.15, 0.2) is 36.7 Å². The smallest absolute Gasteiger partial charge is 0.115 e. The van der Waals surface area contributed by atoms with Crippen LogP contribution in [0.5, 0.6) is 0 Å². The number of hydrogen-bond donors (Lipinski definition) is 0. The van der Waals surface area contributed by atoms with E-state index in [0.717, 1.165) is 5.69 Å². The largest absolute Gasteiger partial charge is 0.241 e. The van der Waals surface area contributed by atoms with Crippen molar-refractivity contribution in [2.45, 2.75) is 45.4 Å². The van der Waals surface area contributed by atoms with Crippen molar-refractivity contribution in [1.29, 1.82) is 0 Å². The van der Waals surface area contributed by atoms with Crippen LogP contribution in [-0.2, 0) is 5.41 Å². The molecule has 2 aliphatic rings. The van der Waals surface area contributed by atoms with Gasteiger partial charge in [-0.15, -0.1) is 0 Å². The van der Waals surface area contributed by atoms with Gasteiger partial charge in [-0.3, -0.25) is 0 Å². The molecule has 2 atom stereocenters. The fourth-order valence-electron chi connectivity index (χ4n) is 3.36. The molecule has 0 radical (unpaired) electrons. The van der Waals surface area contributed by atoms with Gasteiger partial charge in [-0.25, -0.2) is 9.97 Å². The number of hydrogen-bond acceptors (Lipinski definition) is 2. The van der Waals surface area contributed by atoms with Gasteiger partial charge in [0.15, 0.2) is 0 Å². The van der Waals surface area contributed by atoms with Crippen molar-refractivity contribution in [2.75, 3.05) is 0 Å². The Kier molecular flexibility index (Phi) is 2.67. The first-order chi connectivity index (χ1) is 8.97. The Morgan fingerprint density at radius 3 is 2.74 bits per heavy atom. The second-order valence-electron chi connectivity index (χ2n) is 6.70. The lowest BCUT2D eigenvalue weighted by Crippen LogP contribution is -2.32. The van der Waals surface area contributed by atoms with Crippen LogP contribution < -0.4 is 0 Å². The van der Waals surface area contributed by atoms with Crippen LogP contribution >= 0.6 is 0 Å². The summed E-state index contributed by atoms with van der Waals surface area (Å²) in [5.41, 5.74) is 2.64. The Bertz CT molecular complexity index is 554. The Balaban J connectivity index is 1.99. The molecule has 2 heteroatoms.